The van der Waals surface area contributed by atoms with Crippen molar-refractivity contribution in [3.63, 3.8) is 0 Å². The molecule has 1 N–H and O–H groups in total. The molecule has 2 aromatic rings. The molecule has 0 heterocycles. The third kappa shape index (κ3) is 7.36. The van der Waals surface area contributed by atoms with Gasteiger partial charge in [0.1, 0.15) is 11.9 Å². The van der Waals surface area contributed by atoms with Gasteiger partial charge in [0.25, 0.3) is 0 Å². The Morgan fingerprint density at radius 2 is 1.58 bits per heavy atom. The van der Waals surface area contributed by atoms with E-state index in [-0.39, 0.29) is 17.3 Å². The number of nitrogens with zero attached hydrogens (tertiary/aromatic N) is 2. The van der Waals surface area contributed by atoms with Gasteiger partial charge >= 0.3 is 0 Å². The van der Waals surface area contributed by atoms with Crippen molar-refractivity contribution in [1.82, 2.24) is 14.5 Å². The van der Waals surface area contributed by atoms with Crippen molar-refractivity contribution in [2.75, 3.05) is 13.6 Å². The second-order valence-electron chi connectivity index (χ2n) is 9.14. The number of sulfonamides is 1. The van der Waals surface area contributed by atoms with Crippen LogP contribution in [0.2, 0.25) is 0 Å². The highest BCUT2D eigenvalue weighted by Crippen LogP contribution is 2.17. The van der Waals surface area contributed by atoms with Crippen LogP contribution in [-0.2, 0) is 26.2 Å². The van der Waals surface area contributed by atoms with E-state index < -0.39 is 39.9 Å². The minimum atomic E-state index is -3.90. The zero-order chi connectivity index (χ0) is 25.0. The normalized spacial score (nSPS) is 13.0. The van der Waals surface area contributed by atoms with Gasteiger partial charge in [0.2, 0.25) is 21.8 Å². The number of hydrogen-bond acceptors (Lipinski definition) is 4. The Labute approximate surface area is 195 Å². The van der Waals surface area contributed by atoms with Gasteiger partial charge in [-0.2, -0.15) is 4.31 Å². The molecule has 2 rings (SSSR count). The van der Waals surface area contributed by atoms with Crippen LogP contribution in [0.5, 0.6) is 0 Å². The summed E-state index contributed by atoms with van der Waals surface area (Å²) in [5, 5.41) is 2.84. The van der Waals surface area contributed by atoms with Crippen molar-refractivity contribution < 1.29 is 22.4 Å². The average molecular weight is 478 g/mol. The van der Waals surface area contributed by atoms with Gasteiger partial charge in [-0.05, 0) is 64.4 Å². The first-order valence-corrected chi connectivity index (χ1v) is 12.0. The highest BCUT2D eigenvalue weighted by molar-refractivity contribution is 7.89. The van der Waals surface area contributed by atoms with Crippen molar-refractivity contribution >= 4 is 21.8 Å². The summed E-state index contributed by atoms with van der Waals surface area (Å²) in [7, 11) is -2.58. The van der Waals surface area contributed by atoms with Crippen LogP contribution in [0.3, 0.4) is 0 Å². The van der Waals surface area contributed by atoms with Crippen LogP contribution in [-0.4, -0.2) is 54.6 Å². The standard InChI is InChI=1S/C24H32FN3O4S/c1-17-7-13-21(14-8-17)33(31,32)27(6)16-22(29)28(15-19-9-11-20(25)12-10-19)18(2)23(30)26-24(3,4)5/h7-14,18H,15-16H2,1-6H3,(H,26,30)/t18-/m0/s1. The molecule has 0 spiro atoms. The first-order valence-electron chi connectivity index (χ1n) is 10.6. The number of benzene rings is 2. The van der Waals surface area contributed by atoms with E-state index in [2.05, 4.69) is 5.32 Å². The number of amides is 2. The molecule has 0 aliphatic heterocycles. The lowest BCUT2D eigenvalue weighted by molar-refractivity contribution is -0.141. The van der Waals surface area contributed by atoms with Crippen LogP contribution in [0, 0.1) is 12.7 Å². The van der Waals surface area contributed by atoms with Crippen LogP contribution in [0.4, 0.5) is 4.39 Å². The SMILES string of the molecule is Cc1ccc(S(=O)(=O)N(C)CC(=O)N(Cc2ccc(F)cc2)[C@@H](C)C(=O)NC(C)(C)C)cc1. The molecule has 1 atom stereocenters. The second-order valence-corrected chi connectivity index (χ2v) is 11.2. The molecule has 0 aliphatic rings. The van der Waals surface area contributed by atoms with Crippen molar-refractivity contribution in [1.29, 1.82) is 0 Å². The number of nitrogens with one attached hydrogen (secondary N) is 1. The quantitative estimate of drug-likeness (QED) is 0.633. The van der Waals surface area contributed by atoms with E-state index in [0.717, 1.165) is 9.87 Å². The number of hydrogen-bond donors (Lipinski definition) is 1. The van der Waals surface area contributed by atoms with Crippen LogP contribution < -0.4 is 5.32 Å². The molecule has 0 fully saturated rings. The summed E-state index contributed by atoms with van der Waals surface area (Å²) >= 11 is 0. The summed E-state index contributed by atoms with van der Waals surface area (Å²) < 4.78 is 40.1. The molecule has 2 amide bonds. The lowest BCUT2D eigenvalue weighted by atomic mass is 10.1. The number of carbonyl (C=O) groups excluding carboxylic acids is 2. The van der Waals surface area contributed by atoms with Crippen molar-refractivity contribution in [2.24, 2.45) is 0 Å². The zero-order valence-electron chi connectivity index (χ0n) is 19.9. The fourth-order valence-corrected chi connectivity index (χ4v) is 4.22. The van der Waals surface area contributed by atoms with Crippen molar-refractivity contribution in [3.05, 3.63) is 65.5 Å². The van der Waals surface area contributed by atoms with Gasteiger partial charge in [-0.1, -0.05) is 29.8 Å². The Kier molecular flexibility index (Phi) is 8.37. The predicted molar refractivity (Wildman–Crippen MR) is 125 cm³/mol. The third-order valence-electron chi connectivity index (χ3n) is 5.02. The summed E-state index contributed by atoms with van der Waals surface area (Å²) in [5.74, 6) is -1.34. The van der Waals surface area contributed by atoms with Crippen LogP contribution in [0.1, 0.15) is 38.8 Å². The molecular formula is C24H32FN3O4S. The smallest absolute Gasteiger partial charge is 0.243 e. The van der Waals surface area contributed by atoms with Crippen molar-refractivity contribution in [3.8, 4) is 0 Å². The minimum absolute atomic E-state index is 0.0241. The topological polar surface area (TPSA) is 86.8 Å². The second kappa shape index (κ2) is 10.4. The number of aryl methyl sites for hydroxylation is 1. The third-order valence-corrected chi connectivity index (χ3v) is 6.84. The number of likely N-dealkylation sites (N-methyl/N-ethyl adjacent to an activating group) is 1. The van der Waals surface area contributed by atoms with E-state index >= 15 is 0 Å². The Balaban J connectivity index is 2.28. The van der Waals surface area contributed by atoms with E-state index in [1.807, 2.05) is 27.7 Å². The lowest BCUT2D eigenvalue weighted by Crippen LogP contribution is -2.54. The molecule has 9 heteroatoms. The van der Waals surface area contributed by atoms with E-state index in [1.54, 1.807) is 19.1 Å². The Bertz CT molecular complexity index is 1080. The molecule has 0 radical (unpaired) electrons. The molecule has 0 saturated carbocycles. The number of rotatable bonds is 8. The minimum Gasteiger partial charge on any atom is -0.350 e. The highest BCUT2D eigenvalue weighted by Gasteiger charge is 2.31. The molecule has 0 bridgehead atoms. The van der Waals surface area contributed by atoms with Gasteiger partial charge in [0.05, 0.1) is 11.4 Å². The van der Waals surface area contributed by atoms with E-state index in [4.69, 9.17) is 0 Å². The Hall–Kier alpha value is -2.78. The van der Waals surface area contributed by atoms with Gasteiger partial charge < -0.3 is 10.2 Å². The maximum absolute atomic E-state index is 13.3. The van der Waals surface area contributed by atoms with Crippen LogP contribution in [0.15, 0.2) is 53.4 Å². The largest absolute Gasteiger partial charge is 0.350 e. The van der Waals surface area contributed by atoms with Gasteiger partial charge in [0.15, 0.2) is 0 Å². The summed E-state index contributed by atoms with van der Waals surface area (Å²) in [6.45, 7) is 8.47. The fourth-order valence-electron chi connectivity index (χ4n) is 3.10. The van der Waals surface area contributed by atoms with Gasteiger partial charge in [-0.25, -0.2) is 12.8 Å². The monoisotopic (exact) mass is 477 g/mol. The molecular weight excluding hydrogens is 445 g/mol. The van der Waals surface area contributed by atoms with Crippen LogP contribution in [0.25, 0.3) is 0 Å². The molecule has 0 aliphatic carbocycles. The first kappa shape index (κ1) is 26.5. The molecule has 7 nitrogen and oxygen atoms in total. The molecule has 0 unspecified atom stereocenters. The zero-order valence-corrected chi connectivity index (χ0v) is 20.7. The predicted octanol–water partition coefficient (Wildman–Crippen LogP) is 3.09. The molecule has 180 valence electrons. The van der Waals surface area contributed by atoms with Gasteiger partial charge in [0, 0.05) is 19.1 Å². The summed E-state index contributed by atoms with van der Waals surface area (Å²) in [5.41, 5.74) is 1.02. The van der Waals surface area contributed by atoms with Crippen LogP contribution >= 0.6 is 0 Å². The van der Waals surface area contributed by atoms with Gasteiger partial charge in [-0.3, -0.25) is 9.59 Å². The number of carbonyl (C=O) groups is 2. The van der Waals surface area contributed by atoms with Crippen molar-refractivity contribution in [2.45, 2.75) is 57.6 Å². The molecule has 0 aromatic heterocycles. The average Bonchev–Trinajstić information content (AvgIpc) is 2.71. The van der Waals surface area contributed by atoms with E-state index in [0.29, 0.717) is 5.56 Å². The maximum atomic E-state index is 13.3. The number of halogens is 1. The van der Waals surface area contributed by atoms with Gasteiger partial charge in [-0.15, -0.1) is 0 Å². The first-order chi connectivity index (χ1) is 15.2. The molecule has 2 aromatic carbocycles. The van der Waals surface area contributed by atoms with E-state index in [9.17, 15) is 22.4 Å². The Morgan fingerprint density at radius 3 is 2.09 bits per heavy atom. The fraction of sp³-hybridized carbons (Fsp3) is 0.417. The lowest BCUT2D eigenvalue weighted by Gasteiger charge is -2.32. The molecule has 0 saturated heterocycles. The maximum Gasteiger partial charge on any atom is 0.243 e. The summed E-state index contributed by atoms with van der Waals surface area (Å²) in [6.07, 6.45) is 0. The summed E-state index contributed by atoms with van der Waals surface area (Å²) in [6, 6.07) is 11.1. The Morgan fingerprint density at radius 1 is 1.03 bits per heavy atom. The molecule has 33 heavy (non-hydrogen) atoms. The highest BCUT2D eigenvalue weighted by atomic mass is 32.2. The van der Waals surface area contributed by atoms with E-state index in [1.165, 1.54) is 48.3 Å². The summed E-state index contributed by atoms with van der Waals surface area (Å²) in [4.78, 5) is 27.4.